The van der Waals surface area contributed by atoms with Crippen LogP contribution < -0.4 is 5.32 Å². The molecule has 5 rings (SSSR count). The van der Waals surface area contributed by atoms with E-state index in [2.05, 4.69) is 42.4 Å². The van der Waals surface area contributed by atoms with E-state index in [9.17, 15) is 14.4 Å². The van der Waals surface area contributed by atoms with Crippen LogP contribution in [0.3, 0.4) is 0 Å². The minimum atomic E-state index is -0.791. The van der Waals surface area contributed by atoms with Crippen molar-refractivity contribution in [2.75, 3.05) is 6.61 Å². The van der Waals surface area contributed by atoms with E-state index in [1.54, 1.807) is 30.5 Å². The van der Waals surface area contributed by atoms with Gasteiger partial charge in [-0.3, -0.25) is 9.78 Å². The maximum absolute atomic E-state index is 13.6. The molecule has 4 aromatic rings. The van der Waals surface area contributed by atoms with E-state index in [4.69, 9.17) is 4.74 Å². The van der Waals surface area contributed by atoms with Crippen molar-refractivity contribution in [1.29, 1.82) is 5.26 Å². The number of carbonyl (C=O) groups is 1. The van der Waals surface area contributed by atoms with Crippen molar-refractivity contribution in [3.63, 3.8) is 0 Å². The number of rotatable bonds is 4. The second-order valence-corrected chi connectivity index (χ2v) is 8.99. The Labute approximate surface area is 202 Å². The van der Waals surface area contributed by atoms with E-state index in [0.717, 1.165) is 16.5 Å². The molecule has 1 aromatic carbocycles. The van der Waals surface area contributed by atoms with Gasteiger partial charge in [0, 0.05) is 17.1 Å². The zero-order valence-electron chi connectivity index (χ0n) is 18.0. The van der Waals surface area contributed by atoms with Gasteiger partial charge in [0.15, 0.2) is 16.2 Å². The number of pyridine rings is 2. The summed E-state index contributed by atoms with van der Waals surface area (Å²) >= 11 is 3.05. The monoisotopic (exact) mass is 520 g/mol. The van der Waals surface area contributed by atoms with Crippen molar-refractivity contribution in [1.82, 2.24) is 25.1 Å². The van der Waals surface area contributed by atoms with Crippen molar-refractivity contribution < 1.29 is 13.9 Å². The van der Waals surface area contributed by atoms with E-state index in [1.807, 2.05) is 19.1 Å². The van der Waals surface area contributed by atoms with Gasteiger partial charge >= 0.3 is 0 Å². The molecule has 0 radical (unpaired) electrons. The Morgan fingerprint density at radius 1 is 1.35 bits per heavy atom. The standard InChI is InChI=1S/C24H18BrFN6O2/c1-24(12-27)13-34-11-16-3-2-14(6-18(16)24)23(33)29-9-17-7-20-15(8-28-17)4-5-21(30-20)32-10-19(26)22(25)31-32/h2-8,10H,9,11,13H2,1H3,(H,29,33). The van der Waals surface area contributed by atoms with Crippen LogP contribution in [0.4, 0.5) is 4.39 Å². The molecule has 1 aliphatic heterocycles. The molecule has 0 fully saturated rings. The van der Waals surface area contributed by atoms with Crippen molar-refractivity contribution in [3.8, 4) is 11.9 Å². The van der Waals surface area contributed by atoms with Gasteiger partial charge in [-0.2, -0.15) is 10.4 Å². The molecular formula is C24H18BrFN6O2. The first-order valence-corrected chi connectivity index (χ1v) is 11.2. The number of amides is 1. The number of hydrogen-bond donors (Lipinski definition) is 1. The lowest BCUT2D eigenvalue weighted by Crippen LogP contribution is -2.33. The quantitative estimate of drug-likeness (QED) is 0.436. The Balaban J connectivity index is 1.35. The minimum Gasteiger partial charge on any atom is -0.375 e. The van der Waals surface area contributed by atoms with Gasteiger partial charge in [-0.05, 0) is 64.3 Å². The summed E-state index contributed by atoms with van der Waals surface area (Å²) in [5, 5.41) is 17.3. The Kier molecular flexibility index (Phi) is 5.59. The summed E-state index contributed by atoms with van der Waals surface area (Å²) in [6.45, 7) is 2.72. The number of ether oxygens (including phenoxy) is 1. The molecule has 1 amide bonds. The third kappa shape index (κ3) is 4.04. The highest BCUT2D eigenvalue weighted by molar-refractivity contribution is 9.10. The summed E-state index contributed by atoms with van der Waals surface area (Å²) in [6, 6.07) is 12.9. The SMILES string of the molecule is CC1(C#N)COCc2ccc(C(=O)NCc3cc4nc(-n5cc(F)c(Br)n5)ccc4cn3)cc21. The fraction of sp³-hybridized carbons (Fsp3) is 0.208. The molecule has 1 unspecified atom stereocenters. The molecule has 3 aromatic heterocycles. The van der Waals surface area contributed by atoms with Crippen LogP contribution in [-0.4, -0.2) is 32.3 Å². The summed E-state index contributed by atoms with van der Waals surface area (Å²) in [7, 11) is 0. The Hall–Kier alpha value is -3.68. The maximum Gasteiger partial charge on any atom is 0.251 e. The number of fused-ring (bicyclic) bond motifs is 2. The molecule has 0 aliphatic carbocycles. The van der Waals surface area contributed by atoms with Crippen molar-refractivity contribution in [2.24, 2.45) is 0 Å². The molecule has 34 heavy (non-hydrogen) atoms. The number of nitriles is 1. The molecule has 0 spiro atoms. The van der Waals surface area contributed by atoms with Crippen LogP contribution in [0.1, 0.15) is 34.1 Å². The first-order chi connectivity index (χ1) is 16.4. The minimum absolute atomic E-state index is 0.109. The van der Waals surface area contributed by atoms with Crippen LogP contribution in [0.5, 0.6) is 0 Å². The normalized spacial score (nSPS) is 17.2. The molecule has 0 bridgehead atoms. The third-order valence-corrected chi connectivity index (χ3v) is 6.31. The van der Waals surface area contributed by atoms with E-state index in [-0.39, 0.29) is 17.1 Å². The van der Waals surface area contributed by atoms with Gasteiger partial charge in [0.1, 0.15) is 5.41 Å². The van der Waals surface area contributed by atoms with Gasteiger partial charge < -0.3 is 10.1 Å². The van der Waals surface area contributed by atoms with E-state index in [0.29, 0.717) is 35.8 Å². The van der Waals surface area contributed by atoms with E-state index >= 15 is 0 Å². The number of halogens is 2. The van der Waals surface area contributed by atoms with Crippen LogP contribution in [0.25, 0.3) is 16.7 Å². The van der Waals surface area contributed by atoms with Gasteiger partial charge in [0.05, 0.1) is 43.2 Å². The highest BCUT2D eigenvalue weighted by Gasteiger charge is 2.33. The number of hydrogen-bond acceptors (Lipinski definition) is 6. The van der Waals surface area contributed by atoms with Crippen LogP contribution in [0, 0.1) is 17.1 Å². The van der Waals surface area contributed by atoms with Crippen LogP contribution in [0.2, 0.25) is 0 Å². The lowest BCUT2D eigenvalue weighted by atomic mass is 9.79. The summed E-state index contributed by atoms with van der Waals surface area (Å²) in [6.07, 6.45) is 2.91. The number of nitrogens with zero attached hydrogens (tertiary/aromatic N) is 5. The molecular weight excluding hydrogens is 503 g/mol. The Morgan fingerprint density at radius 3 is 2.97 bits per heavy atom. The predicted octanol–water partition coefficient (Wildman–Crippen LogP) is 3.96. The number of aromatic nitrogens is 4. The second-order valence-electron chi connectivity index (χ2n) is 8.24. The molecule has 0 saturated heterocycles. The van der Waals surface area contributed by atoms with Gasteiger partial charge in [0.25, 0.3) is 5.91 Å². The zero-order valence-corrected chi connectivity index (χ0v) is 19.6. The van der Waals surface area contributed by atoms with Crippen LogP contribution in [0.15, 0.2) is 53.4 Å². The molecule has 4 heterocycles. The van der Waals surface area contributed by atoms with Crippen molar-refractivity contribution in [3.05, 3.63) is 81.6 Å². The van der Waals surface area contributed by atoms with Crippen molar-refractivity contribution in [2.45, 2.75) is 25.5 Å². The second kappa shape index (κ2) is 8.59. The highest BCUT2D eigenvalue weighted by Crippen LogP contribution is 2.32. The fourth-order valence-corrected chi connectivity index (χ4v) is 4.16. The first-order valence-electron chi connectivity index (χ1n) is 10.4. The summed E-state index contributed by atoms with van der Waals surface area (Å²) in [5.41, 5.74) is 2.66. The maximum atomic E-state index is 13.6. The predicted molar refractivity (Wildman–Crippen MR) is 125 cm³/mol. The van der Waals surface area contributed by atoms with Crippen molar-refractivity contribution >= 4 is 32.7 Å². The molecule has 8 nitrogen and oxygen atoms in total. The number of carbonyl (C=O) groups excluding carboxylic acids is 1. The summed E-state index contributed by atoms with van der Waals surface area (Å²) in [5.74, 6) is -0.295. The molecule has 170 valence electrons. The lowest BCUT2D eigenvalue weighted by molar-refractivity contribution is 0.0757. The zero-order chi connectivity index (χ0) is 23.9. The highest BCUT2D eigenvalue weighted by atomic mass is 79.9. The summed E-state index contributed by atoms with van der Waals surface area (Å²) in [4.78, 5) is 21.8. The first kappa shape index (κ1) is 22.1. The topological polar surface area (TPSA) is 106 Å². The van der Waals surface area contributed by atoms with Gasteiger partial charge in [0.2, 0.25) is 0 Å². The van der Waals surface area contributed by atoms with Gasteiger partial charge in [-0.15, -0.1) is 0 Å². The Bertz CT molecular complexity index is 1460. The molecule has 1 atom stereocenters. The van der Waals surface area contributed by atoms with Crippen LogP contribution in [-0.2, 0) is 23.3 Å². The third-order valence-electron chi connectivity index (χ3n) is 5.77. The average Bonchev–Trinajstić information content (AvgIpc) is 3.20. The van der Waals surface area contributed by atoms with E-state index < -0.39 is 11.2 Å². The fourth-order valence-electron chi connectivity index (χ4n) is 3.89. The largest absolute Gasteiger partial charge is 0.375 e. The smallest absolute Gasteiger partial charge is 0.251 e. The molecule has 1 N–H and O–H groups in total. The number of benzene rings is 1. The summed E-state index contributed by atoms with van der Waals surface area (Å²) < 4.78 is 20.6. The van der Waals surface area contributed by atoms with Gasteiger partial charge in [-0.25, -0.2) is 14.1 Å². The number of nitrogens with one attached hydrogen (secondary N) is 1. The molecule has 0 saturated carbocycles. The van der Waals surface area contributed by atoms with E-state index in [1.165, 1.54) is 10.9 Å². The Morgan fingerprint density at radius 2 is 2.21 bits per heavy atom. The lowest BCUT2D eigenvalue weighted by Gasteiger charge is -2.30. The molecule has 10 heteroatoms. The van der Waals surface area contributed by atoms with Crippen LogP contribution >= 0.6 is 15.9 Å². The van der Waals surface area contributed by atoms with Gasteiger partial charge in [-0.1, -0.05) is 6.07 Å². The molecule has 1 aliphatic rings. The average molecular weight is 521 g/mol.